The fourth-order valence-corrected chi connectivity index (χ4v) is 8.54. The van der Waals surface area contributed by atoms with Crippen molar-refractivity contribution in [3.05, 3.63) is 143 Å². The Morgan fingerprint density at radius 2 is 1.13 bits per heavy atom. The predicted octanol–water partition coefficient (Wildman–Crippen LogP) is 6.40. The van der Waals surface area contributed by atoms with E-state index < -0.39 is 51.5 Å². The molecule has 0 unspecified atom stereocenters. The number of nitrogens with zero attached hydrogens (tertiary/aromatic N) is 1. The van der Waals surface area contributed by atoms with Gasteiger partial charge in [-0.2, -0.15) is 0 Å². The molecular formula is C37H29Cl2NO5. The van der Waals surface area contributed by atoms with Gasteiger partial charge in [-0.3, -0.25) is 19.3 Å². The maximum atomic E-state index is 14.6. The van der Waals surface area contributed by atoms with E-state index in [4.69, 9.17) is 27.9 Å². The van der Waals surface area contributed by atoms with Crippen molar-refractivity contribution in [2.75, 3.05) is 0 Å². The number of esters is 1. The van der Waals surface area contributed by atoms with E-state index in [2.05, 4.69) is 0 Å². The molecule has 4 aromatic rings. The molecule has 226 valence electrons. The fraction of sp³-hybridized carbons (Fsp3) is 0.243. The molecule has 4 aliphatic rings. The Labute approximate surface area is 270 Å². The molecule has 2 bridgehead atoms. The molecule has 0 spiro atoms. The maximum absolute atomic E-state index is 14.6. The van der Waals surface area contributed by atoms with Crippen molar-refractivity contribution >= 4 is 46.8 Å². The second-order valence-electron chi connectivity index (χ2n) is 11.8. The average Bonchev–Trinajstić information content (AvgIpc) is 3.35. The number of ether oxygens (including phenoxy) is 1. The van der Waals surface area contributed by atoms with Crippen molar-refractivity contribution in [3.8, 4) is 0 Å². The largest absolute Gasteiger partial charge is 0.452 e. The quantitative estimate of drug-likeness (QED) is 0.0967. The van der Waals surface area contributed by atoms with Crippen molar-refractivity contribution in [1.29, 1.82) is 0 Å². The van der Waals surface area contributed by atoms with Gasteiger partial charge in [0, 0.05) is 12.0 Å². The van der Waals surface area contributed by atoms with Crippen molar-refractivity contribution in [2.24, 2.45) is 11.8 Å². The summed E-state index contributed by atoms with van der Waals surface area (Å²) in [4.78, 5) is 55.0. The number of carbonyl (C=O) groups is 4. The number of carbonyl (C=O) groups excluding carboxylic acids is 4. The number of likely N-dealkylation sites (tertiary alicyclic amines) is 1. The maximum Gasteiger partial charge on any atom is 0.330 e. The van der Waals surface area contributed by atoms with Crippen LogP contribution in [0.1, 0.15) is 51.5 Å². The summed E-state index contributed by atoms with van der Waals surface area (Å²) in [5, 5.41) is 0. The SMILES string of the molecule is CC[C@H](OC(=O)[C@H](Cc1ccccc1)N1C(=O)[C@@H]2[C@@H](C1=O)C1(Cl)c3ccccc3C2(Cl)c2ccccc21)C(=O)c1ccccc1. The number of ketones is 1. The van der Waals surface area contributed by atoms with Crippen LogP contribution in [-0.4, -0.2) is 40.6 Å². The number of rotatable bonds is 8. The summed E-state index contributed by atoms with van der Waals surface area (Å²) < 4.78 is 5.86. The van der Waals surface area contributed by atoms with Crippen LogP contribution in [0.15, 0.2) is 109 Å². The number of halogens is 2. The van der Waals surface area contributed by atoms with Crippen LogP contribution in [0.2, 0.25) is 0 Å². The van der Waals surface area contributed by atoms with Crippen molar-refractivity contribution < 1.29 is 23.9 Å². The normalized spacial score (nSPS) is 25.6. The summed E-state index contributed by atoms with van der Waals surface area (Å²) in [6, 6.07) is 31.1. The lowest BCUT2D eigenvalue weighted by atomic mass is 9.54. The highest BCUT2D eigenvalue weighted by Crippen LogP contribution is 2.69. The van der Waals surface area contributed by atoms with E-state index in [1.165, 1.54) is 0 Å². The van der Waals surface area contributed by atoms with E-state index >= 15 is 0 Å². The van der Waals surface area contributed by atoms with Crippen LogP contribution in [0, 0.1) is 11.8 Å². The molecule has 3 aliphatic carbocycles. The Bertz CT molecular complexity index is 1720. The first-order chi connectivity index (χ1) is 21.7. The number of alkyl halides is 2. The number of hydrogen-bond donors (Lipinski definition) is 0. The number of amides is 2. The molecular weight excluding hydrogens is 609 g/mol. The first-order valence-electron chi connectivity index (χ1n) is 15.0. The minimum Gasteiger partial charge on any atom is -0.452 e. The Hall–Kier alpha value is -4.26. The van der Waals surface area contributed by atoms with E-state index in [-0.39, 0.29) is 18.6 Å². The van der Waals surface area contributed by atoms with Crippen LogP contribution in [0.4, 0.5) is 0 Å². The minimum absolute atomic E-state index is 0.00295. The molecule has 8 heteroatoms. The lowest BCUT2D eigenvalue weighted by molar-refractivity contribution is -0.161. The second-order valence-corrected chi connectivity index (χ2v) is 13.0. The molecule has 1 aliphatic heterocycles. The van der Waals surface area contributed by atoms with Crippen LogP contribution >= 0.6 is 23.2 Å². The van der Waals surface area contributed by atoms with Gasteiger partial charge < -0.3 is 4.74 Å². The highest BCUT2D eigenvalue weighted by Gasteiger charge is 2.73. The molecule has 8 rings (SSSR count). The minimum atomic E-state index is -1.38. The molecule has 4 atom stereocenters. The van der Waals surface area contributed by atoms with Crippen molar-refractivity contribution in [2.45, 2.75) is 41.7 Å². The zero-order valence-electron chi connectivity index (χ0n) is 24.4. The standard InChI is InChI=1S/C37H29Cl2NO5/c1-2-29(32(41)23-15-7-4-8-16-23)45-35(44)28(21-22-13-5-3-6-14-22)40-33(42)30-31(34(40)43)37(39)25-18-10-9-17-24(25)36(30,38)26-19-11-12-20-27(26)37/h3-20,28-31H,2,21H2,1H3/t28-,29-,30-,31-,36?,37?/m0/s1. The van der Waals surface area contributed by atoms with Gasteiger partial charge in [0.25, 0.3) is 0 Å². The number of imide groups is 1. The molecule has 4 aromatic carbocycles. The van der Waals surface area contributed by atoms with Gasteiger partial charge in [0.1, 0.15) is 15.8 Å². The molecule has 1 heterocycles. The van der Waals surface area contributed by atoms with Crippen LogP contribution < -0.4 is 0 Å². The topological polar surface area (TPSA) is 80.8 Å². The number of Topliss-reactive ketones (excluding diaryl/α,β-unsaturated/α-hetero) is 1. The summed E-state index contributed by atoms with van der Waals surface area (Å²) in [5.74, 6) is -4.50. The van der Waals surface area contributed by atoms with Gasteiger partial charge in [-0.05, 0) is 34.2 Å². The monoisotopic (exact) mass is 637 g/mol. The molecule has 0 aromatic heterocycles. The molecule has 0 N–H and O–H groups in total. The van der Waals surface area contributed by atoms with Gasteiger partial charge in [0.15, 0.2) is 6.10 Å². The van der Waals surface area contributed by atoms with Gasteiger partial charge in [0.2, 0.25) is 17.6 Å². The van der Waals surface area contributed by atoms with Gasteiger partial charge in [-0.25, -0.2) is 4.79 Å². The van der Waals surface area contributed by atoms with Gasteiger partial charge in [0.05, 0.1) is 11.8 Å². The first-order valence-corrected chi connectivity index (χ1v) is 15.8. The molecule has 0 radical (unpaired) electrons. The Kier molecular flexibility index (Phi) is 7.18. The summed E-state index contributed by atoms with van der Waals surface area (Å²) in [6.07, 6.45) is -0.890. The number of benzene rings is 4. The molecule has 45 heavy (non-hydrogen) atoms. The van der Waals surface area contributed by atoms with E-state index in [0.717, 1.165) is 4.90 Å². The van der Waals surface area contributed by atoms with E-state index in [9.17, 15) is 19.2 Å². The molecule has 0 saturated carbocycles. The van der Waals surface area contributed by atoms with Crippen LogP contribution in [-0.2, 0) is 35.3 Å². The van der Waals surface area contributed by atoms with Crippen molar-refractivity contribution in [1.82, 2.24) is 4.90 Å². The smallest absolute Gasteiger partial charge is 0.330 e. The van der Waals surface area contributed by atoms with Crippen LogP contribution in [0.5, 0.6) is 0 Å². The van der Waals surface area contributed by atoms with Crippen LogP contribution in [0.25, 0.3) is 0 Å². The lowest BCUT2D eigenvalue weighted by Crippen LogP contribution is -2.57. The van der Waals surface area contributed by atoms with Gasteiger partial charge in [-0.1, -0.05) is 116 Å². The fourth-order valence-electron chi connectivity index (χ4n) is 7.44. The Morgan fingerprint density at radius 3 is 1.58 bits per heavy atom. The zero-order valence-corrected chi connectivity index (χ0v) is 25.9. The van der Waals surface area contributed by atoms with Gasteiger partial charge in [-0.15, -0.1) is 23.2 Å². The summed E-state index contributed by atoms with van der Waals surface area (Å²) in [7, 11) is 0. The van der Waals surface area contributed by atoms with Gasteiger partial charge >= 0.3 is 5.97 Å². The summed E-state index contributed by atoms with van der Waals surface area (Å²) in [5.41, 5.74) is 3.81. The van der Waals surface area contributed by atoms with E-state index in [1.807, 2.05) is 78.9 Å². The van der Waals surface area contributed by atoms with E-state index in [1.54, 1.807) is 37.3 Å². The summed E-state index contributed by atoms with van der Waals surface area (Å²) >= 11 is 15.2. The molecule has 1 fully saturated rings. The third-order valence-electron chi connectivity index (χ3n) is 9.45. The molecule has 6 nitrogen and oxygen atoms in total. The number of hydrogen-bond acceptors (Lipinski definition) is 5. The second kappa shape index (κ2) is 11.0. The van der Waals surface area contributed by atoms with E-state index in [0.29, 0.717) is 33.4 Å². The Balaban J connectivity index is 1.32. The highest BCUT2D eigenvalue weighted by molar-refractivity contribution is 6.36. The third-order valence-corrected chi connectivity index (χ3v) is 10.7. The summed E-state index contributed by atoms with van der Waals surface area (Å²) in [6.45, 7) is 1.74. The average molecular weight is 639 g/mol. The molecule has 1 saturated heterocycles. The Morgan fingerprint density at radius 1 is 0.711 bits per heavy atom. The highest BCUT2D eigenvalue weighted by atomic mass is 35.5. The van der Waals surface area contributed by atoms with Crippen LogP contribution in [0.3, 0.4) is 0 Å². The third kappa shape index (κ3) is 4.23. The molecule has 2 amide bonds. The van der Waals surface area contributed by atoms with Crippen molar-refractivity contribution in [3.63, 3.8) is 0 Å². The lowest BCUT2D eigenvalue weighted by Gasteiger charge is -2.54. The predicted molar refractivity (Wildman–Crippen MR) is 170 cm³/mol. The zero-order chi connectivity index (χ0) is 31.5. The first kappa shape index (κ1) is 29.5.